The fourth-order valence-corrected chi connectivity index (χ4v) is 4.66. The van der Waals surface area contributed by atoms with Gasteiger partial charge in [0.15, 0.2) is 0 Å². The quantitative estimate of drug-likeness (QED) is 0.829. The minimum absolute atomic E-state index is 0. The second-order valence-electron chi connectivity index (χ2n) is 6.96. The van der Waals surface area contributed by atoms with Gasteiger partial charge in [-0.2, -0.15) is 0 Å². The first kappa shape index (κ1) is 20.4. The highest BCUT2D eigenvalue weighted by atomic mass is 35.5. The average molecular weight is 385 g/mol. The summed E-state index contributed by atoms with van der Waals surface area (Å²) in [4.78, 5) is 24.8. The normalized spacial score (nSPS) is 17.6. The molecular formula is C18H29ClN4OS. The standard InChI is InChI=1S/C18H28N4OS.ClH/c1-11-13(3)24-18-15(11)17(23)20-16(21-18)12(2)22-9-6-14(7-10-22)5-8-19-4;/h12,14,19H,5-10H2,1-4H3,(H,20,21,23);1H. The highest BCUT2D eigenvalue weighted by Crippen LogP contribution is 2.29. The third-order valence-corrected chi connectivity index (χ3v) is 6.55. The van der Waals surface area contributed by atoms with Crippen molar-refractivity contribution in [3.8, 4) is 0 Å². The van der Waals surface area contributed by atoms with Gasteiger partial charge in [0.2, 0.25) is 0 Å². The molecule has 1 saturated heterocycles. The molecule has 2 aromatic heterocycles. The predicted molar refractivity (Wildman–Crippen MR) is 108 cm³/mol. The fraction of sp³-hybridized carbons (Fsp3) is 0.667. The van der Waals surface area contributed by atoms with Gasteiger partial charge in [0, 0.05) is 4.88 Å². The molecule has 0 bridgehead atoms. The molecule has 3 rings (SSSR count). The molecule has 1 aliphatic rings. The lowest BCUT2D eigenvalue weighted by Gasteiger charge is -2.35. The molecule has 25 heavy (non-hydrogen) atoms. The van der Waals surface area contributed by atoms with Crippen LogP contribution in [0.4, 0.5) is 0 Å². The Kier molecular flexibility index (Phi) is 7.02. The molecule has 3 heterocycles. The van der Waals surface area contributed by atoms with Crippen LogP contribution >= 0.6 is 23.7 Å². The van der Waals surface area contributed by atoms with Crippen molar-refractivity contribution in [1.82, 2.24) is 20.2 Å². The van der Waals surface area contributed by atoms with E-state index >= 15 is 0 Å². The van der Waals surface area contributed by atoms with Gasteiger partial charge in [-0.1, -0.05) is 0 Å². The molecule has 0 amide bonds. The molecule has 2 N–H and O–H groups in total. The van der Waals surface area contributed by atoms with Gasteiger partial charge in [-0.15, -0.1) is 23.7 Å². The summed E-state index contributed by atoms with van der Waals surface area (Å²) in [7, 11) is 2.02. The summed E-state index contributed by atoms with van der Waals surface area (Å²) in [6.45, 7) is 9.48. The van der Waals surface area contributed by atoms with E-state index in [-0.39, 0.29) is 24.0 Å². The van der Waals surface area contributed by atoms with E-state index in [4.69, 9.17) is 4.98 Å². The Bertz CT molecular complexity index is 764. The number of rotatable bonds is 5. The molecule has 0 spiro atoms. The maximum absolute atomic E-state index is 12.5. The first-order chi connectivity index (χ1) is 11.5. The minimum Gasteiger partial charge on any atom is -0.320 e. The van der Waals surface area contributed by atoms with E-state index in [9.17, 15) is 4.79 Å². The predicted octanol–water partition coefficient (Wildman–Crippen LogP) is 3.41. The van der Waals surface area contributed by atoms with Crippen LogP contribution in [-0.4, -0.2) is 41.5 Å². The Hall–Kier alpha value is -0.950. The number of aryl methyl sites for hydroxylation is 2. The summed E-state index contributed by atoms with van der Waals surface area (Å²) in [6, 6.07) is 0.162. The molecular weight excluding hydrogens is 356 g/mol. The third kappa shape index (κ3) is 4.25. The molecule has 5 nitrogen and oxygen atoms in total. The van der Waals surface area contributed by atoms with Gasteiger partial charge < -0.3 is 10.3 Å². The number of hydrogen-bond acceptors (Lipinski definition) is 5. The van der Waals surface area contributed by atoms with Crippen LogP contribution < -0.4 is 10.9 Å². The zero-order chi connectivity index (χ0) is 17.3. The number of halogens is 1. The first-order valence-electron chi connectivity index (χ1n) is 8.89. The summed E-state index contributed by atoms with van der Waals surface area (Å²) in [5.74, 6) is 1.63. The Labute approximate surface area is 159 Å². The maximum atomic E-state index is 12.5. The van der Waals surface area contributed by atoms with Crippen LogP contribution in [0, 0.1) is 19.8 Å². The van der Waals surface area contributed by atoms with Gasteiger partial charge in [0.25, 0.3) is 5.56 Å². The molecule has 0 radical (unpaired) electrons. The number of piperidine rings is 1. The van der Waals surface area contributed by atoms with E-state index in [1.807, 2.05) is 14.0 Å². The van der Waals surface area contributed by atoms with E-state index in [0.29, 0.717) is 0 Å². The molecule has 0 saturated carbocycles. The van der Waals surface area contributed by atoms with Crippen LogP contribution in [0.1, 0.15) is 48.5 Å². The number of hydrogen-bond donors (Lipinski definition) is 2. The number of nitrogens with zero attached hydrogens (tertiary/aromatic N) is 2. The summed E-state index contributed by atoms with van der Waals surface area (Å²) in [5, 5.41) is 4.01. The lowest BCUT2D eigenvalue weighted by molar-refractivity contribution is 0.133. The van der Waals surface area contributed by atoms with Gasteiger partial charge in [-0.05, 0) is 78.2 Å². The van der Waals surface area contributed by atoms with E-state index in [2.05, 4.69) is 29.0 Å². The van der Waals surface area contributed by atoms with Crippen LogP contribution in [0.2, 0.25) is 0 Å². The lowest BCUT2D eigenvalue weighted by atomic mass is 9.93. The van der Waals surface area contributed by atoms with Crippen molar-refractivity contribution in [3.63, 3.8) is 0 Å². The van der Waals surface area contributed by atoms with Crippen LogP contribution in [0.5, 0.6) is 0 Å². The number of aromatic nitrogens is 2. The van der Waals surface area contributed by atoms with Crippen molar-refractivity contribution in [1.29, 1.82) is 0 Å². The lowest BCUT2D eigenvalue weighted by Crippen LogP contribution is -2.37. The number of H-pyrrole nitrogens is 1. The van der Waals surface area contributed by atoms with Gasteiger partial charge in [-0.25, -0.2) is 4.98 Å². The van der Waals surface area contributed by atoms with Crippen LogP contribution in [-0.2, 0) is 0 Å². The minimum atomic E-state index is 0. The van der Waals surface area contributed by atoms with Crippen LogP contribution in [0.15, 0.2) is 4.79 Å². The Balaban J connectivity index is 0.00000225. The van der Waals surface area contributed by atoms with Crippen molar-refractivity contribution in [3.05, 3.63) is 26.6 Å². The molecule has 2 aromatic rings. The molecule has 1 atom stereocenters. The zero-order valence-electron chi connectivity index (χ0n) is 15.5. The molecule has 0 aliphatic carbocycles. The Morgan fingerprint density at radius 3 is 2.68 bits per heavy atom. The zero-order valence-corrected chi connectivity index (χ0v) is 17.1. The van der Waals surface area contributed by atoms with Crippen LogP contribution in [0.3, 0.4) is 0 Å². The smallest absolute Gasteiger partial charge is 0.259 e. The highest BCUT2D eigenvalue weighted by Gasteiger charge is 2.25. The molecule has 0 aromatic carbocycles. The van der Waals surface area contributed by atoms with E-state index in [0.717, 1.165) is 47.2 Å². The van der Waals surface area contributed by atoms with E-state index in [1.54, 1.807) is 11.3 Å². The second-order valence-corrected chi connectivity index (χ2v) is 8.17. The Morgan fingerprint density at radius 2 is 2.04 bits per heavy atom. The largest absolute Gasteiger partial charge is 0.320 e. The van der Waals surface area contributed by atoms with Crippen molar-refractivity contribution in [2.75, 3.05) is 26.7 Å². The number of nitrogens with one attached hydrogen (secondary N) is 2. The van der Waals surface area contributed by atoms with Crippen molar-refractivity contribution in [2.24, 2.45) is 5.92 Å². The number of fused-ring (bicyclic) bond motifs is 1. The SMILES string of the molecule is CNCCC1CCN(C(C)c2nc3sc(C)c(C)c3c(=O)[nH]2)CC1.Cl. The van der Waals surface area contributed by atoms with Crippen LogP contribution in [0.25, 0.3) is 10.2 Å². The van der Waals surface area contributed by atoms with Gasteiger partial charge >= 0.3 is 0 Å². The second kappa shape index (κ2) is 8.62. The summed E-state index contributed by atoms with van der Waals surface area (Å²) < 4.78 is 0. The number of aromatic amines is 1. The van der Waals surface area contributed by atoms with Gasteiger partial charge in [0.1, 0.15) is 10.7 Å². The first-order valence-corrected chi connectivity index (χ1v) is 9.71. The molecule has 1 aliphatic heterocycles. The monoisotopic (exact) mass is 384 g/mol. The van der Waals surface area contributed by atoms with Crippen molar-refractivity contribution < 1.29 is 0 Å². The summed E-state index contributed by atoms with van der Waals surface area (Å²) in [6.07, 6.45) is 3.72. The molecule has 140 valence electrons. The molecule has 1 fully saturated rings. The van der Waals surface area contributed by atoms with E-state index in [1.165, 1.54) is 24.1 Å². The fourth-order valence-electron chi connectivity index (χ4n) is 3.62. The topological polar surface area (TPSA) is 61.0 Å². The number of likely N-dealkylation sites (tertiary alicyclic amines) is 1. The summed E-state index contributed by atoms with van der Waals surface area (Å²) in [5.41, 5.74) is 1.07. The molecule has 1 unspecified atom stereocenters. The third-order valence-electron chi connectivity index (χ3n) is 5.45. The number of thiophene rings is 1. The van der Waals surface area contributed by atoms with Gasteiger partial charge in [0.05, 0.1) is 11.4 Å². The van der Waals surface area contributed by atoms with E-state index < -0.39 is 0 Å². The maximum Gasteiger partial charge on any atom is 0.259 e. The molecule has 7 heteroatoms. The van der Waals surface area contributed by atoms with Gasteiger partial charge in [-0.3, -0.25) is 9.69 Å². The van der Waals surface area contributed by atoms with Crippen molar-refractivity contribution in [2.45, 2.75) is 46.1 Å². The average Bonchev–Trinajstić information content (AvgIpc) is 2.87. The van der Waals surface area contributed by atoms with Crippen molar-refractivity contribution >= 4 is 34.0 Å². The highest BCUT2D eigenvalue weighted by molar-refractivity contribution is 7.18. The Morgan fingerprint density at radius 1 is 1.36 bits per heavy atom. The summed E-state index contributed by atoms with van der Waals surface area (Å²) >= 11 is 1.62.